The first-order chi connectivity index (χ1) is 15.5. The zero-order chi connectivity index (χ0) is 22.2. The van der Waals surface area contributed by atoms with Gasteiger partial charge in [-0.05, 0) is 43.7 Å². The van der Waals surface area contributed by atoms with E-state index in [1.807, 2.05) is 53.7 Å². The minimum atomic E-state index is -0.0572. The molecule has 0 radical (unpaired) electrons. The van der Waals surface area contributed by atoms with Crippen molar-refractivity contribution in [3.05, 3.63) is 87.7 Å². The average molecular weight is 450 g/mol. The number of imidazole rings is 1. The smallest absolute Gasteiger partial charge is 0.274 e. The van der Waals surface area contributed by atoms with Gasteiger partial charge in [-0.3, -0.25) is 9.69 Å². The number of halogens is 1. The molecule has 0 unspecified atom stereocenters. The van der Waals surface area contributed by atoms with Crippen LogP contribution in [0.4, 0.5) is 0 Å². The quantitative estimate of drug-likeness (QED) is 0.458. The van der Waals surface area contributed by atoms with E-state index in [0.717, 1.165) is 23.6 Å². The molecule has 5 rings (SSSR count). The summed E-state index contributed by atoms with van der Waals surface area (Å²) < 4.78 is 7.27. The molecule has 0 aliphatic carbocycles. The van der Waals surface area contributed by atoms with E-state index >= 15 is 0 Å². The van der Waals surface area contributed by atoms with Crippen LogP contribution in [0, 0.1) is 6.92 Å². The maximum absolute atomic E-state index is 13.6. The van der Waals surface area contributed by atoms with Crippen LogP contribution in [0.25, 0.3) is 5.65 Å². The fourth-order valence-electron chi connectivity index (χ4n) is 4.28. The molecule has 1 aliphatic rings. The summed E-state index contributed by atoms with van der Waals surface area (Å²) in [7, 11) is 1.98. The summed E-state index contributed by atoms with van der Waals surface area (Å²) >= 11 is 6.27. The van der Waals surface area contributed by atoms with E-state index in [1.54, 1.807) is 6.07 Å². The van der Waals surface area contributed by atoms with Crippen molar-refractivity contribution in [2.24, 2.45) is 0 Å². The van der Waals surface area contributed by atoms with Gasteiger partial charge in [-0.1, -0.05) is 41.0 Å². The highest BCUT2D eigenvalue weighted by Gasteiger charge is 2.27. The molecule has 1 aromatic carbocycles. The summed E-state index contributed by atoms with van der Waals surface area (Å²) in [5.74, 6) is 0.718. The van der Waals surface area contributed by atoms with E-state index in [1.165, 1.54) is 11.1 Å². The zero-order valence-electron chi connectivity index (χ0n) is 18.1. The van der Waals surface area contributed by atoms with Gasteiger partial charge in [-0.25, -0.2) is 4.98 Å². The Kier molecular flexibility index (Phi) is 5.45. The number of fused-ring (bicyclic) bond motifs is 2. The van der Waals surface area contributed by atoms with Crippen LogP contribution in [-0.4, -0.2) is 43.8 Å². The van der Waals surface area contributed by atoms with Crippen LogP contribution >= 0.6 is 11.6 Å². The van der Waals surface area contributed by atoms with Crippen molar-refractivity contribution in [1.82, 2.24) is 24.3 Å². The molecule has 7 nitrogen and oxygen atoms in total. The van der Waals surface area contributed by atoms with E-state index in [4.69, 9.17) is 21.1 Å². The number of aryl methyl sites for hydroxylation is 1. The lowest BCUT2D eigenvalue weighted by Crippen LogP contribution is -2.37. The largest absolute Gasteiger partial charge is 0.360 e. The first-order valence-electron chi connectivity index (χ1n) is 10.6. The van der Waals surface area contributed by atoms with E-state index in [2.05, 4.69) is 22.2 Å². The molecule has 1 amide bonds. The Morgan fingerprint density at radius 1 is 1.19 bits per heavy atom. The number of hydrogen-bond acceptors (Lipinski definition) is 5. The number of pyridine rings is 1. The van der Waals surface area contributed by atoms with Crippen molar-refractivity contribution in [2.45, 2.75) is 33.0 Å². The lowest BCUT2D eigenvalue weighted by Gasteiger charge is -2.28. The van der Waals surface area contributed by atoms with Crippen molar-refractivity contribution in [3.8, 4) is 0 Å². The van der Waals surface area contributed by atoms with Crippen molar-refractivity contribution < 1.29 is 9.32 Å². The summed E-state index contributed by atoms with van der Waals surface area (Å²) in [6, 6.07) is 13.8. The lowest BCUT2D eigenvalue weighted by atomic mass is 9.99. The Balaban J connectivity index is 1.46. The summed E-state index contributed by atoms with van der Waals surface area (Å²) in [6.45, 7) is 4.24. The fraction of sp³-hybridized carbons (Fsp3) is 0.292. The first kappa shape index (κ1) is 20.7. The number of benzene rings is 1. The van der Waals surface area contributed by atoms with Crippen LogP contribution in [0.5, 0.6) is 0 Å². The summed E-state index contributed by atoms with van der Waals surface area (Å²) in [6.07, 6.45) is 2.66. The summed E-state index contributed by atoms with van der Waals surface area (Å²) in [5.41, 5.74) is 5.32. The van der Waals surface area contributed by atoms with Gasteiger partial charge in [0.25, 0.3) is 5.91 Å². The molecule has 0 N–H and O–H groups in total. The molecule has 0 fully saturated rings. The minimum Gasteiger partial charge on any atom is -0.360 e. The van der Waals surface area contributed by atoms with Gasteiger partial charge in [0.2, 0.25) is 0 Å². The van der Waals surface area contributed by atoms with Crippen molar-refractivity contribution in [3.63, 3.8) is 0 Å². The highest BCUT2D eigenvalue weighted by Crippen LogP contribution is 2.24. The third-order valence-corrected chi connectivity index (χ3v) is 6.05. The number of carbonyl (C=O) groups is 1. The second kappa shape index (κ2) is 8.41. The molecule has 0 bridgehead atoms. The van der Waals surface area contributed by atoms with Gasteiger partial charge in [-0.15, -0.1) is 0 Å². The lowest BCUT2D eigenvalue weighted by molar-refractivity contribution is 0.0727. The molecule has 4 aromatic rings. The van der Waals surface area contributed by atoms with E-state index < -0.39 is 0 Å². The molecule has 32 heavy (non-hydrogen) atoms. The Morgan fingerprint density at radius 2 is 2.00 bits per heavy atom. The number of aromatic nitrogens is 3. The normalized spacial score (nSPS) is 13.7. The Bertz CT molecular complexity index is 1290. The van der Waals surface area contributed by atoms with Crippen LogP contribution in [0.2, 0.25) is 5.02 Å². The van der Waals surface area contributed by atoms with E-state index in [9.17, 15) is 4.79 Å². The summed E-state index contributed by atoms with van der Waals surface area (Å²) in [4.78, 5) is 22.3. The molecule has 0 atom stereocenters. The molecular formula is C24H24ClN5O2. The van der Waals surface area contributed by atoms with Gasteiger partial charge in [0.05, 0.1) is 23.0 Å². The molecule has 8 heteroatoms. The van der Waals surface area contributed by atoms with Gasteiger partial charge in [0, 0.05) is 31.9 Å². The highest BCUT2D eigenvalue weighted by atomic mass is 35.5. The van der Waals surface area contributed by atoms with Crippen LogP contribution in [0.15, 0.2) is 53.2 Å². The predicted molar refractivity (Wildman–Crippen MR) is 121 cm³/mol. The third-order valence-electron chi connectivity index (χ3n) is 5.82. The van der Waals surface area contributed by atoms with Gasteiger partial charge in [-0.2, -0.15) is 0 Å². The van der Waals surface area contributed by atoms with E-state index in [0.29, 0.717) is 42.5 Å². The molecule has 3 aromatic heterocycles. The van der Waals surface area contributed by atoms with Gasteiger partial charge < -0.3 is 13.8 Å². The highest BCUT2D eigenvalue weighted by molar-refractivity contribution is 6.30. The number of carbonyl (C=O) groups excluding carboxylic acids is 1. The van der Waals surface area contributed by atoms with Crippen LogP contribution < -0.4 is 0 Å². The second-order valence-electron chi connectivity index (χ2n) is 8.33. The second-order valence-corrected chi connectivity index (χ2v) is 8.77. The average Bonchev–Trinajstić information content (AvgIpc) is 3.35. The van der Waals surface area contributed by atoms with Crippen LogP contribution in [-0.2, 0) is 26.1 Å². The number of nitrogens with zero attached hydrogens (tertiary/aromatic N) is 5. The third kappa shape index (κ3) is 4.01. The topological polar surface area (TPSA) is 66.9 Å². The molecule has 0 saturated heterocycles. The molecule has 0 spiro atoms. The van der Waals surface area contributed by atoms with Crippen LogP contribution in [0.3, 0.4) is 0 Å². The van der Waals surface area contributed by atoms with Crippen molar-refractivity contribution >= 4 is 23.2 Å². The van der Waals surface area contributed by atoms with Crippen molar-refractivity contribution in [1.29, 1.82) is 0 Å². The molecule has 1 aliphatic heterocycles. The van der Waals surface area contributed by atoms with E-state index in [-0.39, 0.29) is 5.91 Å². The monoisotopic (exact) mass is 449 g/mol. The fourth-order valence-corrected chi connectivity index (χ4v) is 4.44. The zero-order valence-corrected chi connectivity index (χ0v) is 18.8. The Labute approximate surface area is 191 Å². The minimum absolute atomic E-state index is 0.0572. The van der Waals surface area contributed by atoms with Crippen LogP contribution in [0.1, 0.15) is 38.8 Å². The first-order valence-corrected chi connectivity index (χ1v) is 11.0. The molecule has 0 saturated carbocycles. The maximum Gasteiger partial charge on any atom is 0.274 e. The van der Waals surface area contributed by atoms with Gasteiger partial charge in [0.15, 0.2) is 11.5 Å². The summed E-state index contributed by atoms with van der Waals surface area (Å²) in [5, 5.41) is 4.55. The van der Waals surface area contributed by atoms with Gasteiger partial charge in [0.1, 0.15) is 5.65 Å². The number of amides is 1. The number of rotatable bonds is 5. The molecular weight excluding hydrogens is 426 g/mol. The molecule has 164 valence electrons. The number of hydrogen-bond donors (Lipinski definition) is 0. The predicted octanol–water partition coefficient (Wildman–Crippen LogP) is 4.11. The van der Waals surface area contributed by atoms with Crippen molar-refractivity contribution in [2.75, 3.05) is 13.6 Å². The SMILES string of the molecule is Cc1cc(CN(C)Cc2c(C(=O)N3CCc4ccccc4C3)nc3ccc(Cl)cn23)on1. The standard InChI is InChI=1S/C24H24ClN5O2/c1-16-11-20(32-27-16)14-28(2)15-21-23(26-22-8-7-19(25)13-30(21)22)24(31)29-10-9-17-5-3-4-6-18(17)12-29/h3-8,11,13H,9-10,12,14-15H2,1-2H3. The maximum atomic E-state index is 13.6. The Morgan fingerprint density at radius 3 is 2.78 bits per heavy atom. The Hall–Kier alpha value is -3.16. The molecule has 4 heterocycles. The van der Waals surface area contributed by atoms with Gasteiger partial charge >= 0.3 is 0 Å².